The first-order valence-corrected chi connectivity index (χ1v) is 6.85. The molecule has 2 amide bonds. The third-order valence-corrected chi connectivity index (χ3v) is 3.62. The number of hydrogen-bond acceptors (Lipinski definition) is 1. The van der Waals surface area contributed by atoms with Gasteiger partial charge in [0.05, 0.1) is 10.7 Å². The molecule has 1 aromatic rings. The number of rotatable bonds is 1. The highest BCUT2D eigenvalue weighted by molar-refractivity contribution is 9.10. The molecule has 3 nitrogen and oxygen atoms in total. The largest absolute Gasteiger partial charge is 0.325 e. The highest BCUT2D eigenvalue weighted by Gasteiger charge is 2.17. The Morgan fingerprint density at radius 3 is 2.65 bits per heavy atom. The average molecular weight is 318 g/mol. The van der Waals surface area contributed by atoms with Crippen molar-refractivity contribution in [2.45, 2.75) is 19.3 Å². The van der Waals surface area contributed by atoms with Crippen LogP contribution in [0.1, 0.15) is 19.3 Å². The maximum atomic E-state index is 11.9. The monoisotopic (exact) mass is 316 g/mol. The minimum Gasteiger partial charge on any atom is -0.325 e. The minimum absolute atomic E-state index is 0.0612. The lowest BCUT2D eigenvalue weighted by atomic mass is 10.1. The number of carbonyl (C=O) groups excluding carboxylic acids is 1. The fourth-order valence-corrected chi connectivity index (χ4v) is 2.60. The first kappa shape index (κ1) is 12.7. The van der Waals surface area contributed by atoms with Crippen LogP contribution in [0.4, 0.5) is 10.5 Å². The zero-order chi connectivity index (χ0) is 12.3. The quantitative estimate of drug-likeness (QED) is 0.830. The number of amides is 2. The first-order chi connectivity index (χ1) is 8.16. The van der Waals surface area contributed by atoms with Gasteiger partial charge in [-0.2, -0.15) is 0 Å². The minimum atomic E-state index is -0.0612. The molecular weight excluding hydrogens is 304 g/mol. The molecule has 0 bridgehead atoms. The molecule has 1 fully saturated rings. The van der Waals surface area contributed by atoms with Gasteiger partial charge in [0.1, 0.15) is 0 Å². The molecule has 1 saturated heterocycles. The maximum absolute atomic E-state index is 11.9. The summed E-state index contributed by atoms with van der Waals surface area (Å²) in [5.41, 5.74) is 0.658. The van der Waals surface area contributed by atoms with Crippen molar-refractivity contribution in [1.82, 2.24) is 4.90 Å². The fourth-order valence-electron chi connectivity index (χ4n) is 1.88. The second kappa shape index (κ2) is 5.74. The summed E-state index contributed by atoms with van der Waals surface area (Å²) in [5.74, 6) is 0. The van der Waals surface area contributed by atoms with Crippen molar-refractivity contribution < 1.29 is 4.79 Å². The summed E-state index contributed by atoms with van der Waals surface area (Å²) in [7, 11) is 0. The Labute approximate surface area is 114 Å². The van der Waals surface area contributed by atoms with Crippen molar-refractivity contribution in [3.05, 3.63) is 27.7 Å². The van der Waals surface area contributed by atoms with E-state index >= 15 is 0 Å². The zero-order valence-corrected chi connectivity index (χ0v) is 11.7. The van der Waals surface area contributed by atoms with E-state index in [1.807, 2.05) is 11.0 Å². The molecule has 2 rings (SSSR count). The molecule has 0 radical (unpaired) electrons. The van der Waals surface area contributed by atoms with Gasteiger partial charge in [-0.3, -0.25) is 0 Å². The molecule has 1 aromatic carbocycles. The Morgan fingerprint density at radius 2 is 2.00 bits per heavy atom. The lowest BCUT2D eigenvalue weighted by molar-refractivity contribution is 0.200. The van der Waals surface area contributed by atoms with E-state index in [0.29, 0.717) is 10.7 Å². The van der Waals surface area contributed by atoms with Crippen molar-refractivity contribution >= 4 is 39.2 Å². The molecule has 0 atom stereocenters. The van der Waals surface area contributed by atoms with E-state index in [0.717, 1.165) is 30.4 Å². The highest BCUT2D eigenvalue weighted by atomic mass is 79.9. The number of nitrogens with one attached hydrogen (secondary N) is 1. The molecule has 0 spiro atoms. The Kier molecular flexibility index (Phi) is 4.29. The summed E-state index contributed by atoms with van der Waals surface area (Å²) in [4.78, 5) is 13.8. The second-order valence-corrected chi connectivity index (χ2v) is 5.42. The summed E-state index contributed by atoms with van der Waals surface area (Å²) >= 11 is 9.38. The van der Waals surface area contributed by atoms with Crippen molar-refractivity contribution in [3.8, 4) is 0 Å². The van der Waals surface area contributed by atoms with E-state index in [-0.39, 0.29) is 6.03 Å². The van der Waals surface area contributed by atoms with Crippen LogP contribution in [0, 0.1) is 0 Å². The van der Waals surface area contributed by atoms with Crippen LogP contribution in [-0.2, 0) is 0 Å². The topological polar surface area (TPSA) is 32.3 Å². The number of urea groups is 1. The van der Waals surface area contributed by atoms with Gasteiger partial charge in [0.15, 0.2) is 0 Å². The third kappa shape index (κ3) is 3.36. The van der Waals surface area contributed by atoms with Crippen molar-refractivity contribution in [3.63, 3.8) is 0 Å². The molecule has 0 unspecified atom stereocenters. The predicted octanol–water partition coefficient (Wildman–Crippen LogP) is 4.12. The summed E-state index contributed by atoms with van der Waals surface area (Å²) < 4.78 is 0.901. The van der Waals surface area contributed by atoms with Crippen molar-refractivity contribution in [2.24, 2.45) is 0 Å². The van der Waals surface area contributed by atoms with E-state index in [2.05, 4.69) is 21.2 Å². The molecule has 17 heavy (non-hydrogen) atoms. The SMILES string of the molecule is O=C(Nc1ccc(Br)cc1Cl)N1CCCCC1. The Morgan fingerprint density at radius 1 is 1.29 bits per heavy atom. The van der Waals surface area contributed by atoms with Crippen LogP contribution in [0.25, 0.3) is 0 Å². The molecular formula is C12H14BrClN2O. The highest BCUT2D eigenvalue weighted by Crippen LogP contribution is 2.26. The lowest BCUT2D eigenvalue weighted by Gasteiger charge is -2.27. The number of halogens is 2. The number of likely N-dealkylation sites (tertiary alicyclic amines) is 1. The lowest BCUT2D eigenvalue weighted by Crippen LogP contribution is -2.38. The molecule has 92 valence electrons. The third-order valence-electron chi connectivity index (χ3n) is 2.82. The fraction of sp³-hybridized carbons (Fsp3) is 0.417. The Hall–Kier alpha value is -0.740. The summed E-state index contributed by atoms with van der Waals surface area (Å²) in [6.45, 7) is 1.67. The summed E-state index contributed by atoms with van der Waals surface area (Å²) in [6.07, 6.45) is 3.38. The van der Waals surface area contributed by atoms with Crippen LogP contribution in [0.15, 0.2) is 22.7 Å². The molecule has 1 N–H and O–H groups in total. The average Bonchev–Trinajstić information content (AvgIpc) is 2.34. The molecule has 1 heterocycles. The standard InChI is InChI=1S/C12H14BrClN2O/c13-9-4-5-11(10(14)8-9)15-12(17)16-6-2-1-3-7-16/h4-5,8H,1-3,6-7H2,(H,15,17). The van der Waals surface area contributed by atoms with E-state index in [9.17, 15) is 4.79 Å². The smallest absolute Gasteiger partial charge is 0.321 e. The molecule has 1 aliphatic rings. The zero-order valence-electron chi connectivity index (χ0n) is 9.38. The molecule has 0 aliphatic carbocycles. The van der Waals surface area contributed by atoms with Gasteiger partial charge >= 0.3 is 6.03 Å². The number of piperidine rings is 1. The Balaban J connectivity index is 2.02. The van der Waals surface area contributed by atoms with Crippen LogP contribution < -0.4 is 5.32 Å². The van der Waals surface area contributed by atoms with E-state index in [1.54, 1.807) is 12.1 Å². The first-order valence-electron chi connectivity index (χ1n) is 5.68. The molecule has 1 aliphatic heterocycles. The number of benzene rings is 1. The van der Waals surface area contributed by atoms with Gasteiger partial charge in [-0.1, -0.05) is 27.5 Å². The molecule has 0 saturated carbocycles. The van der Waals surface area contributed by atoms with Gasteiger partial charge < -0.3 is 10.2 Å². The van der Waals surface area contributed by atoms with Gasteiger partial charge in [0.2, 0.25) is 0 Å². The van der Waals surface area contributed by atoms with Gasteiger partial charge in [-0.05, 0) is 37.5 Å². The van der Waals surface area contributed by atoms with Gasteiger partial charge in [-0.15, -0.1) is 0 Å². The van der Waals surface area contributed by atoms with E-state index in [1.165, 1.54) is 6.42 Å². The van der Waals surface area contributed by atoms with Crippen molar-refractivity contribution in [2.75, 3.05) is 18.4 Å². The molecule has 0 aromatic heterocycles. The van der Waals surface area contributed by atoms with Gasteiger partial charge in [-0.25, -0.2) is 4.79 Å². The van der Waals surface area contributed by atoms with E-state index in [4.69, 9.17) is 11.6 Å². The predicted molar refractivity (Wildman–Crippen MR) is 73.6 cm³/mol. The Bertz CT molecular complexity index is 419. The van der Waals surface area contributed by atoms with Crippen LogP contribution in [-0.4, -0.2) is 24.0 Å². The van der Waals surface area contributed by atoms with Crippen molar-refractivity contribution in [1.29, 1.82) is 0 Å². The van der Waals surface area contributed by atoms with Gasteiger partial charge in [0, 0.05) is 17.6 Å². The van der Waals surface area contributed by atoms with Crippen LogP contribution >= 0.6 is 27.5 Å². The van der Waals surface area contributed by atoms with Crippen LogP contribution in [0.5, 0.6) is 0 Å². The number of nitrogens with zero attached hydrogens (tertiary/aromatic N) is 1. The summed E-state index contributed by atoms with van der Waals surface area (Å²) in [5, 5.41) is 3.39. The summed E-state index contributed by atoms with van der Waals surface area (Å²) in [6, 6.07) is 5.37. The number of carbonyl (C=O) groups is 1. The van der Waals surface area contributed by atoms with Crippen LogP contribution in [0.3, 0.4) is 0 Å². The maximum Gasteiger partial charge on any atom is 0.321 e. The van der Waals surface area contributed by atoms with Crippen LogP contribution in [0.2, 0.25) is 5.02 Å². The van der Waals surface area contributed by atoms with E-state index < -0.39 is 0 Å². The normalized spacial score (nSPS) is 15.8. The number of anilines is 1. The van der Waals surface area contributed by atoms with Gasteiger partial charge in [0.25, 0.3) is 0 Å². The number of hydrogen-bond donors (Lipinski definition) is 1. The molecule has 5 heteroatoms. The second-order valence-electron chi connectivity index (χ2n) is 4.10.